The molecule has 0 saturated carbocycles. The van der Waals surface area contributed by atoms with E-state index in [0.29, 0.717) is 38.4 Å². The summed E-state index contributed by atoms with van der Waals surface area (Å²) in [7, 11) is -0.722. The Balaban J connectivity index is 1.64. The molecule has 0 unspecified atom stereocenters. The second-order valence-electron chi connectivity index (χ2n) is 9.79. The SMILES string of the molecule is CNC(=O)c1c(-c2ccc(F)cc2)oc2cc(N(C)S(C)(=O)=O)c(-c3ccc4ncn(-c5cccc(Cl)c5)c4c3)cc12. The fourth-order valence-electron chi connectivity index (χ4n) is 4.96. The van der Waals surface area contributed by atoms with Gasteiger partial charge < -0.3 is 9.73 Å². The van der Waals surface area contributed by atoms with Gasteiger partial charge in [0.05, 0.1) is 28.5 Å². The Kier molecular flexibility index (Phi) is 6.75. The molecule has 212 valence electrons. The highest BCUT2D eigenvalue weighted by Crippen LogP contribution is 2.42. The summed E-state index contributed by atoms with van der Waals surface area (Å²) in [6.07, 6.45) is 2.81. The third-order valence-corrected chi connectivity index (χ3v) is 8.57. The van der Waals surface area contributed by atoms with Crippen LogP contribution in [0.15, 0.2) is 89.6 Å². The molecule has 0 bridgehead atoms. The molecule has 6 aromatic rings. The molecule has 11 heteroatoms. The minimum absolute atomic E-state index is 0.240. The van der Waals surface area contributed by atoms with Gasteiger partial charge in [0.25, 0.3) is 5.91 Å². The molecule has 8 nitrogen and oxygen atoms in total. The van der Waals surface area contributed by atoms with Gasteiger partial charge in [-0.2, -0.15) is 0 Å². The number of fused-ring (bicyclic) bond motifs is 2. The van der Waals surface area contributed by atoms with Crippen LogP contribution >= 0.6 is 11.6 Å². The Labute approximate surface area is 246 Å². The number of rotatable bonds is 6. The molecule has 2 aromatic heterocycles. The van der Waals surface area contributed by atoms with E-state index in [0.717, 1.165) is 23.0 Å². The van der Waals surface area contributed by atoms with Crippen LogP contribution in [-0.2, 0) is 10.0 Å². The van der Waals surface area contributed by atoms with Crippen molar-refractivity contribution in [2.45, 2.75) is 0 Å². The molecule has 6 rings (SSSR count). The normalized spacial score (nSPS) is 11.7. The van der Waals surface area contributed by atoms with E-state index in [1.54, 1.807) is 24.5 Å². The van der Waals surface area contributed by atoms with Crippen molar-refractivity contribution >= 4 is 55.2 Å². The molecule has 0 atom stereocenters. The maximum absolute atomic E-state index is 13.7. The Morgan fingerprint density at radius 3 is 2.45 bits per heavy atom. The van der Waals surface area contributed by atoms with E-state index in [1.807, 2.05) is 41.0 Å². The molecule has 0 aliphatic carbocycles. The summed E-state index contributed by atoms with van der Waals surface area (Å²) in [6, 6.07) is 21.9. The average Bonchev–Trinajstić information content (AvgIpc) is 3.56. The van der Waals surface area contributed by atoms with Crippen LogP contribution in [0.2, 0.25) is 5.02 Å². The number of sulfonamides is 1. The zero-order valence-corrected chi connectivity index (χ0v) is 24.3. The van der Waals surface area contributed by atoms with Crippen LogP contribution in [0.1, 0.15) is 10.4 Å². The minimum Gasteiger partial charge on any atom is -0.455 e. The first-order valence-corrected chi connectivity index (χ1v) is 15.0. The van der Waals surface area contributed by atoms with Gasteiger partial charge in [0.15, 0.2) is 0 Å². The van der Waals surface area contributed by atoms with Crippen LogP contribution in [0.25, 0.3) is 50.1 Å². The molecule has 0 radical (unpaired) electrons. The largest absolute Gasteiger partial charge is 0.455 e. The van der Waals surface area contributed by atoms with Crippen LogP contribution in [-0.4, -0.2) is 44.2 Å². The molecule has 0 spiro atoms. The first kappa shape index (κ1) is 27.5. The second-order valence-corrected chi connectivity index (χ2v) is 12.2. The maximum Gasteiger partial charge on any atom is 0.255 e. The highest BCUT2D eigenvalue weighted by Gasteiger charge is 2.26. The number of amides is 1. The summed E-state index contributed by atoms with van der Waals surface area (Å²) in [5, 5.41) is 3.70. The van der Waals surface area contributed by atoms with Crippen LogP contribution < -0.4 is 9.62 Å². The molecule has 4 aromatic carbocycles. The lowest BCUT2D eigenvalue weighted by molar-refractivity contribution is 0.0964. The van der Waals surface area contributed by atoms with E-state index < -0.39 is 21.7 Å². The summed E-state index contributed by atoms with van der Waals surface area (Å²) in [6.45, 7) is 0. The monoisotopic (exact) mass is 602 g/mol. The average molecular weight is 603 g/mol. The van der Waals surface area contributed by atoms with Crippen LogP contribution in [0.3, 0.4) is 0 Å². The quantitative estimate of drug-likeness (QED) is 0.230. The molecule has 0 fully saturated rings. The van der Waals surface area contributed by atoms with Gasteiger partial charge in [-0.25, -0.2) is 17.8 Å². The van der Waals surface area contributed by atoms with Crippen LogP contribution in [0.5, 0.6) is 0 Å². The molecule has 0 saturated heterocycles. The molecular formula is C31H24ClFN4O4S. The zero-order chi connectivity index (χ0) is 29.8. The molecule has 1 amide bonds. The van der Waals surface area contributed by atoms with Gasteiger partial charge in [-0.05, 0) is 66.2 Å². The highest BCUT2D eigenvalue weighted by atomic mass is 35.5. The van der Waals surface area contributed by atoms with Crippen molar-refractivity contribution in [2.24, 2.45) is 0 Å². The number of nitrogens with zero attached hydrogens (tertiary/aromatic N) is 3. The summed E-state index contributed by atoms with van der Waals surface area (Å²) in [5.41, 5.74) is 4.94. The van der Waals surface area contributed by atoms with Crippen molar-refractivity contribution in [3.8, 4) is 28.1 Å². The van der Waals surface area contributed by atoms with E-state index in [4.69, 9.17) is 16.0 Å². The van der Waals surface area contributed by atoms with Gasteiger partial charge in [0, 0.05) is 47.4 Å². The zero-order valence-electron chi connectivity index (χ0n) is 22.7. The lowest BCUT2D eigenvalue weighted by Gasteiger charge is -2.21. The standard InChI is InChI=1S/C31H24ClFN4O4S/c1-34-31(38)29-24-15-23(19-9-12-25-27(13-19)37(17-35-25)22-6-4-5-20(32)14-22)26(36(2)42(3,39)40)16-28(24)41-30(29)18-7-10-21(33)11-8-18/h4-17H,1-3H3,(H,34,38). The molecule has 2 heterocycles. The summed E-state index contributed by atoms with van der Waals surface area (Å²) >= 11 is 6.24. The summed E-state index contributed by atoms with van der Waals surface area (Å²) in [4.78, 5) is 17.7. The van der Waals surface area contributed by atoms with E-state index in [9.17, 15) is 17.6 Å². The number of furan rings is 1. The molecule has 0 aliphatic rings. The number of nitrogens with one attached hydrogen (secondary N) is 1. The number of imidazole rings is 1. The maximum atomic E-state index is 13.7. The topological polar surface area (TPSA) is 97.4 Å². The van der Waals surface area contributed by atoms with Gasteiger partial charge in [-0.15, -0.1) is 0 Å². The molecule has 42 heavy (non-hydrogen) atoms. The number of carbonyl (C=O) groups is 1. The first-order chi connectivity index (χ1) is 20.0. The first-order valence-electron chi connectivity index (χ1n) is 12.8. The third kappa shape index (κ3) is 4.78. The Morgan fingerprint density at radius 2 is 1.76 bits per heavy atom. The van der Waals surface area contributed by atoms with Gasteiger partial charge in [0.2, 0.25) is 10.0 Å². The van der Waals surface area contributed by atoms with Gasteiger partial charge in [0.1, 0.15) is 23.5 Å². The lowest BCUT2D eigenvalue weighted by Crippen LogP contribution is -2.25. The van der Waals surface area contributed by atoms with Gasteiger partial charge >= 0.3 is 0 Å². The number of benzene rings is 4. The number of hydrogen-bond acceptors (Lipinski definition) is 5. The van der Waals surface area contributed by atoms with Crippen molar-refractivity contribution in [1.82, 2.24) is 14.9 Å². The fourth-order valence-corrected chi connectivity index (χ4v) is 5.66. The van der Waals surface area contributed by atoms with Gasteiger partial charge in [-0.3, -0.25) is 13.7 Å². The third-order valence-electron chi connectivity index (χ3n) is 7.15. The predicted molar refractivity (Wildman–Crippen MR) is 163 cm³/mol. The number of anilines is 1. The number of carbonyl (C=O) groups excluding carboxylic acids is 1. The van der Waals surface area contributed by atoms with E-state index in [-0.39, 0.29) is 11.3 Å². The number of aromatic nitrogens is 2. The van der Waals surface area contributed by atoms with E-state index in [2.05, 4.69) is 10.3 Å². The van der Waals surface area contributed by atoms with Crippen LogP contribution in [0, 0.1) is 5.82 Å². The Morgan fingerprint density at radius 1 is 1.02 bits per heavy atom. The van der Waals surface area contributed by atoms with E-state index in [1.165, 1.54) is 42.7 Å². The van der Waals surface area contributed by atoms with E-state index >= 15 is 0 Å². The minimum atomic E-state index is -3.69. The summed E-state index contributed by atoms with van der Waals surface area (Å²) < 4.78 is 48.4. The van der Waals surface area contributed by atoms with Crippen LogP contribution in [0.4, 0.5) is 10.1 Å². The number of hydrogen-bond donors (Lipinski definition) is 1. The molecule has 0 aliphatic heterocycles. The highest BCUT2D eigenvalue weighted by molar-refractivity contribution is 7.92. The molecule has 1 N–H and O–H groups in total. The van der Waals surface area contributed by atoms with Crippen molar-refractivity contribution in [3.05, 3.63) is 102 Å². The van der Waals surface area contributed by atoms with Crippen molar-refractivity contribution in [1.29, 1.82) is 0 Å². The predicted octanol–water partition coefficient (Wildman–Crippen LogP) is 6.65. The van der Waals surface area contributed by atoms with Crippen molar-refractivity contribution < 1.29 is 22.0 Å². The summed E-state index contributed by atoms with van der Waals surface area (Å²) in [5.74, 6) is -0.593. The van der Waals surface area contributed by atoms with Gasteiger partial charge in [-0.1, -0.05) is 23.7 Å². The van der Waals surface area contributed by atoms with Crippen molar-refractivity contribution in [3.63, 3.8) is 0 Å². The second kappa shape index (κ2) is 10.3. The Bertz CT molecular complexity index is 2120. The lowest BCUT2D eigenvalue weighted by atomic mass is 9.98. The molecular weight excluding hydrogens is 579 g/mol. The Hall–Kier alpha value is -4.67. The smallest absolute Gasteiger partial charge is 0.255 e. The fraction of sp³-hybridized carbons (Fsp3) is 0.0968. The number of halogens is 2. The van der Waals surface area contributed by atoms with Crippen molar-refractivity contribution in [2.75, 3.05) is 24.7 Å².